The van der Waals surface area contributed by atoms with Gasteiger partial charge in [0.2, 0.25) is 0 Å². The van der Waals surface area contributed by atoms with Gasteiger partial charge in [0.25, 0.3) is 0 Å². The van der Waals surface area contributed by atoms with Gasteiger partial charge in [0.1, 0.15) is 0 Å². The Morgan fingerprint density at radius 3 is 2.86 bits per heavy atom. The molecule has 0 atom stereocenters. The van der Waals surface area contributed by atoms with E-state index in [0.29, 0.717) is 6.61 Å². The normalized spacial score (nSPS) is 14.1. The Morgan fingerprint density at radius 1 is 1.33 bits per heavy atom. The van der Waals surface area contributed by atoms with Crippen LogP contribution in [-0.4, -0.2) is 20.3 Å². The van der Waals surface area contributed by atoms with Gasteiger partial charge in [-0.05, 0) is 72.8 Å². The van der Waals surface area contributed by atoms with Crippen molar-refractivity contribution in [3.05, 3.63) is 33.8 Å². The molecule has 0 saturated heterocycles. The van der Waals surface area contributed by atoms with Gasteiger partial charge in [-0.3, -0.25) is 0 Å². The first kappa shape index (κ1) is 16.4. The average Bonchev–Trinajstić information content (AvgIpc) is 2.99. The summed E-state index contributed by atoms with van der Waals surface area (Å²) in [6, 6.07) is 4.13. The van der Waals surface area contributed by atoms with E-state index in [1.165, 1.54) is 24.8 Å². The minimum absolute atomic E-state index is 0.627. The topological polar surface area (TPSA) is 30.5 Å². The molecule has 0 radical (unpaired) electrons. The third kappa shape index (κ3) is 4.75. The lowest BCUT2D eigenvalue weighted by Gasteiger charge is -2.14. The van der Waals surface area contributed by atoms with Crippen LogP contribution in [0.2, 0.25) is 0 Å². The summed E-state index contributed by atoms with van der Waals surface area (Å²) in [5.74, 6) is 1.56. The van der Waals surface area contributed by atoms with Gasteiger partial charge in [-0.1, -0.05) is 11.6 Å². The van der Waals surface area contributed by atoms with Gasteiger partial charge in [0.15, 0.2) is 11.5 Å². The summed E-state index contributed by atoms with van der Waals surface area (Å²) >= 11 is 3.56. The van der Waals surface area contributed by atoms with Crippen molar-refractivity contribution >= 4 is 15.9 Å². The summed E-state index contributed by atoms with van der Waals surface area (Å²) in [4.78, 5) is 0. The summed E-state index contributed by atoms with van der Waals surface area (Å²) in [6.45, 7) is 4.47. The molecular weight excluding hydrogens is 330 g/mol. The molecule has 1 aliphatic carbocycles. The van der Waals surface area contributed by atoms with Crippen molar-refractivity contribution in [3.8, 4) is 11.5 Å². The predicted octanol–water partition coefficient (Wildman–Crippen LogP) is 4.45. The van der Waals surface area contributed by atoms with E-state index in [0.717, 1.165) is 35.5 Å². The fourth-order valence-electron chi connectivity index (χ4n) is 2.61. The second-order valence-corrected chi connectivity index (χ2v) is 6.08. The van der Waals surface area contributed by atoms with Gasteiger partial charge in [-0.15, -0.1) is 0 Å². The van der Waals surface area contributed by atoms with Crippen molar-refractivity contribution in [2.24, 2.45) is 0 Å². The highest BCUT2D eigenvalue weighted by Crippen LogP contribution is 2.36. The van der Waals surface area contributed by atoms with Crippen LogP contribution in [-0.2, 0) is 6.54 Å². The minimum atomic E-state index is 0.627. The van der Waals surface area contributed by atoms with Crippen LogP contribution in [0.3, 0.4) is 0 Å². The first-order chi connectivity index (χ1) is 10.2. The molecule has 0 aliphatic heterocycles. The van der Waals surface area contributed by atoms with Crippen molar-refractivity contribution in [3.63, 3.8) is 0 Å². The monoisotopic (exact) mass is 353 g/mol. The van der Waals surface area contributed by atoms with Crippen LogP contribution in [0, 0.1) is 0 Å². The Kier molecular flexibility index (Phi) is 6.58. The summed E-state index contributed by atoms with van der Waals surface area (Å²) < 4.78 is 12.0. The number of nitrogens with one attached hydrogen (secondary N) is 1. The number of hydrogen-bond donors (Lipinski definition) is 1. The zero-order valence-electron chi connectivity index (χ0n) is 12.9. The lowest BCUT2D eigenvalue weighted by atomic mass is 10.1. The summed E-state index contributed by atoms with van der Waals surface area (Å²) in [5, 5.41) is 3.50. The quantitative estimate of drug-likeness (QED) is 0.553. The Labute approximate surface area is 135 Å². The number of allylic oxidation sites excluding steroid dienone is 1. The largest absolute Gasteiger partial charge is 0.493 e. The van der Waals surface area contributed by atoms with Crippen molar-refractivity contribution in [1.82, 2.24) is 5.32 Å². The van der Waals surface area contributed by atoms with Gasteiger partial charge in [0.05, 0.1) is 18.2 Å². The Morgan fingerprint density at radius 2 is 2.19 bits per heavy atom. The van der Waals surface area contributed by atoms with Gasteiger partial charge < -0.3 is 14.8 Å². The highest BCUT2D eigenvalue weighted by atomic mass is 79.9. The zero-order chi connectivity index (χ0) is 15.1. The van der Waals surface area contributed by atoms with Crippen LogP contribution in [0.4, 0.5) is 0 Å². The van der Waals surface area contributed by atoms with E-state index in [2.05, 4.69) is 33.4 Å². The number of methoxy groups -OCH3 is 1. The molecule has 0 amide bonds. The van der Waals surface area contributed by atoms with E-state index in [1.54, 1.807) is 12.7 Å². The second-order valence-electron chi connectivity index (χ2n) is 5.22. The van der Waals surface area contributed by atoms with E-state index in [4.69, 9.17) is 9.47 Å². The van der Waals surface area contributed by atoms with Gasteiger partial charge in [0, 0.05) is 6.54 Å². The minimum Gasteiger partial charge on any atom is -0.493 e. The van der Waals surface area contributed by atoms with Crippen LogP contribution in [0.5, 0.6) is 11.5 Å². The third-order valence-corrected chi connectivity index (χ3v) is 4.25. The third-order valence-electron chi connectivity index (χ3n) is 3.66. The van der Waals surface area contributed by atoms with Gasteiger partial charge >= 0.3 is 0 Å². The average molecular weight is 354 g/mol. The maximum Gasteiger partial charge on any atom is 0.175 e. The highest BCUT2D eigenvalue weighted by Gasteiger charge is 2.11. The van der Waals surface area contributed by atoms with E-state index in [9.17, 15) is 0 Å². The van der Waals surface area contributed by atoms with E-state index in [1.807, 2.05) is 13.0 Å². The molecule has 0 saturated carbocycles. The van der Waals surface area contributed by atoms with Crippen molar-refractivity contribution < 1.29 is 9.47 Å². The number of benzene rings is 1. The number of hydrogen-bond acceptors (Lipinski definition) is 3. The predicted molar refractivity (Wildman–Crippen MR) is 90.1 cm³/mol. The molecule has 0 bridgehead atoms. The number of halogens is 1. The Hall–Kier alpha value is -1.00. The lowest BCUT2D eigenvalue weighted by Crippen LogP contribution is -2.15. The van der Waals surface area contributed by atoms with E-state index >= 15 is 0 Å². The van der Waals surface area contributed by atoms with Crippen LogP contribution in [0.15, 0.2) is 28.3 Å². The lowest BCUT2D eigenvalue weighted by molar-refractivity contribution is 0.308. The van der Waals surface area contributed by atoms with Crippen LogP contribution >= 0.6 is 15.9 Å². The van der Waals surface area contributed by atoms with Crippen molar-refractivity contribution in [2.75, 3.05) is 20.3 Å². The molecule has 3 nitrogen and oxygen atoms in total. The Bertz CT molecular complexity index is 500. The molecule has 116 valence electrons. The molecule has 4 heteroatoms. The van der Waals surface area contributed by atoms with E-state index in [-0.39, 0.29) is 0 Å². The fourth-order valence-corrected chi connectivity index (χ4v) is 3.21. The molecule has 1 N–H and O–H groups in total. The van der Waals surface area contributed by atoms with Gasteiger partial charge in [-0.2, -0.15) is 0 Å². The Balaban J connectivity index is 1.89. The van der Waals surface area contributed by atoms with E-state index < -0.39 is 0 Å². The maximum absolute atomic E-state index is 5.61. The zero-order valence-corrected chi connectivity index (χ0v) is 14.5. The smallest absolute Gasteiger partial charge is 0.175 e. The molecule has 2 rings (SSSR count). The fraction of sp³-hybridized carbons (Fsp3) is 0.529. The molecule has 0 fully saturated rings. The maximum atomic E-state index is 5.61. The van der Waals surface area contributed by atoms with Crippen LogP contribution in [0.1, 0.15) is 38.2 Å². The molecule has 0 unspecified atom stereocenters. The first-order valence-corrected chi connectivity index (χ1v) is 8.41. The summed E-state index contributed by atoms with van der Waals surface area (Å²) in [6.07, 6.45) is 7.42. The SMILES string of the molecule is CCOc1c(Br)cc(CNCCC2=CCCC2)cc1OC. The van der Waals surface area contributed by atoms with Crippen molar-refractivity contribution in [1.29, 1.82) is 0 Å². The number of ether oxygens (including phenoxy) is 2. The molecule has 21 heavy (non-hydrogen) atoms. The molecular formula is C17H24BrNO2. The molecule has 1 aliphatic rings. The second kappa shape index (κ2) is 8.44. The van der Waals surface area contributed by atoms with Crippen LogP contribution < -0.4 is 14.8 Å². The van der Waals surface area contributed by atoms with Crippen molar-refractivity contribution in [2.45, 2.75) is 39.2 Å². The molecule has 0 spiro atoms. The standard InChI is InChI=1S/C17H24BrNO2/c1-3-21-17-15(18)10-14(11-16(17)20-2)12-19-9-8-13-6-4-5-7-13/h6,10-11,19H,3-5,7-9,12H2,1-2H3. The first-order valence-electron chi connectivity index (χ1n) is 7.62. The molecule has 0 heterocycles. The van der Waals surface area contributed by atoms with Crippen LogP contribution in [0.25, 0.3) is 0 Å². The van der Waals surface area contributed by atoms with Gasteiger partial charge in [-0.25, -0.2) is 0 Å². The summed E-state index contributed by atoms with van der Waals surface area (Å²) in [7, 11) is 1.67. The molecule has 1 aromatic carbocycles. The summed E-state index contributed by atoms with van der Waals surface area (Å²) in [5.41, 5.74) is 2.80. The number of rotatable bonds is 8. The molecule has 1 aromatic rings. The highest BCUT2D eigenvalue weighted by molar-refractivity contribution is 9.10. The molecule has 0 aromatic heterocycles.